The van der Waals surface area contributed by atoms with Crippen molar-refractivity contribution in [1.29, 1.82) is 0 Å². The molecule has 0 fully saturated rings. The first-order chi connectivity index (χ1) is 11.5. The fourth-order valence-electron chi connectivity index (χ4n) is 2.73. The molecule has 2 aromatic heterocycles. The van der Waals surface area contributed by atoms with Crippen molar-refractivity contribution in [3.8, 4) is 5.75 Å². The molecule has 0 spiro atoms. The molecule has 1 aromatic carbocycles. The normalized spacial score (nSPS) is 10.8. The van der Waals surface area contributed by atoms with E-state index in [1.54, 1.807) is 12.1 Å². The topological polar surface area (TPSA) is 62.5 Å². The predicted molar refractivity (Wildman–Crippen MR) is 89.1 cm³/mol. The Morgan fingerprint density at radius 3 is 2.42 bits per heavy atom. The van der Waals surface area contributed by atoms with Crippen molar-refractivity contribution in [2.45, 2.75) is 13.5 Å². The van der Waals surface area contributed by atoms with Crippen LogP contribution in [0.1, 0.15) is 23.0 Å². The first-order valence-electron chi connectivity index (χ1n) is 7.50. The van der Waals surface area contributed by atoms with Crippen molar-refractivity contribution < 1.29 is 19.1 Å². The lowest BCUT2D eigenvalue weighted by Crippen LogP contribution is -2.11. The lowest BCUT2D eigenvalue weighted by Gasteiger charge is -2.09. The largest absolute Gasteiger partial charge is 0.464 e. The molecule has 3 aromatic rings. The molecule has 0 amide bonds. The highest BCUT2D eigenvalue weighted by atomic mass is 16.5. The monoisotopic (exact) mass is 326 g/mol. The third-order valence-corrected chi connectivity index (χ3v) is 3.87. The second-order valence-corrected chi connectivity index (χ2v) is 5.54. The van der Waals surface area contributed by atoms with Crippen LogP contribution >= 0.6 is 0 Å². The zero-order valence-corrected chi connectivity index (χ0v) is 13.8. The Morgan fingerprint density at radius 1 is 1.08 bits per heavy atom. The molecule has 0 saturated heterocycles. The molecule has 0 aliphatic heterocycles. The van der Waals surface area contributed by atoms with Crippen LogP contribution in [0.5, 0.6) is 5.75 Å². The molecule has 0 radical (unpaired) electrons. The van der Waals surface area contributed by atoms with Crippen LogP contribution in [0.4, 0.5) is 0 Å². The van der Waals surface area contributed by atoms with Crippen LogP contribution in [0.2, 0.25) is 0 Å². The Labute approximate surface area is 139 Å². The highest BCUT2D eigenvalue weighted by Gasteiger charge is 2.18. The third-order valence-electron chi connectivity index (χ3n) is 3.87. The standard InChI is InChI=1S/C18H18N2O4/c1-12(21)24-14-6-4-13(5-7-14)11-20-15-8-9-19(2)16(15)10-17(20)18(22)23-3/h4-10H,11H2,1-3H3. The van der Waals surface area contributed by atoms with Crippen LogP contribution in [0.3, 0.4) is 0 Å². The Hall–Kier alpha value is -3.02. The highest BCUT2D eigenvalue weighted by Crippen LogP contribution is 2.23. The maximum atomic E-state index is 12.1. The van der Waals surface area contributed by atoms with Gasteiger partial charge in [0.25, 0.3) is 0 Å². The maximum absolute atomic E-state index is 12.1. The molecule has 124 valence electrons. The fourth-order valence-corrected chi connectivity index (χ4v) is 2.73. The lowest BCUT2D eigenvalue weighted by molar-refractivity contribution is -0.131. The minimum atomic E-state index is -0.372. The van der Waals surface area contributed by atoms with Gasteiger partial charge in [-0.2, -0.15) is 0 Å². The lowest BCUT2D eigenvalue weighted by atomic mass is 10.2. The van der Waals surface area contributed by atoms with Crippen LogP contribution in [-0.2, 0) is 23.1 Å². The first kappa shape index (κ1) is 15.9. The second kappa shape index (κ2) is 6.23. The first-order valence-corrected chi connectivity index (χ1v) is 7.50. The van der Waals surface area contributed by atoms with Crippen LogP contribution < -0.4 is 4.74 Å². The van der Waals surface area contributed by atoms with Gasteiger partial charge in [-0.05, 0) is 29.8 Å². The molecular weight excluding hydrogens is 308 g/mol. The van der Waals surface area contributed by atoms with E-state index < -0.39 is 0 Å². The van der Waals surface area contributed by atoms with Gasteiger partial charge in [0.15, 0.2) is 0 Å². The number of rotatable bonds is 4. The molecule has 0 aliphatic rings. The summed E-state index contributed by atoms with van der Waals surface area (Å²) in [5.41, 5.74) is 3.41. The van der Waals surface area contributed by atoms with E-state index in [0.29, 0.717) is 18.0 Å². The van der Waals surface area contributed by atoms with Crippen molar-refractivity contribution >= 4 is 23.0 Å². The highest BCUT2D eigenvalue weighted by molar-refractivity contribution is 5.94. The maximum Gasteiger partial charge on any atom is 0.354 e. The molecule has 3 rings (SSSR count). The van der Waals surface area contributed by atoms with Crippen molar-refractivity contribution in [1.82, 2.24) is 9.13 Å². The number of hydrogen-bond acceptors (Lipinski definition) is 4. The van der Waals surface area contributed by atoms with Crippen LogP contribution in [0, 0.1) is 0 Å². The Kier molecular flexibility index (Phi) is 4.12. The number of carbonyl (C=O) groups excluding carboxylic acids is 2. The van der Waals surface area contributed by atoms with E-state index in [-0.39, 0.29) is 11.9 Å². The van der Waals surface area contributed by atoms with Gasteiger partial charge in [0.05, 0.1) is 18.1 Å². The molecule has 0 atom stereocenters. The Morgan fingerprint density at radius 2 is 1.79 bits per heavy atom. The average molecular weight is 326 g/mol. The quantitative estimate of drug-likeness (QED) is 0.546. The smallest absolute Gasteiger partial charge is 0.354 e. The zero-order valence-electron chi connectivity index (χ0n) is 13.8. The van der Waals surface area contributed by atoms with Gasteiger partial charge in [-0.15, -0.1) is 0 Å². The Balaban J connectivity index is 1.96. The zero-order chi connectivity index (χ0) is 17.3. The third kappa shape index (κ3) is 2.90. The number of carbonyl (C=O) groups is 2. The van der Waals surface area contributed by atoms with E-state index in [9.17, 15) is 9.59 Å². The summed E-state index contributed by atoms with van der Waals surface area (Å²) in [5.74, 6) is -0.230. The number of esters is 2. The summed E-state index contributed by atoms with van der Waals surface area (Å²) >= 11 is 0. The van der Waals surface area contributed by atoms with Crippen LogP contribution in [-0.4, -0.2) is 28.2 Å². The Bertz CT molecular complexity index is 903. The van der Waals surface area contributed by atoms with Gasteiger partial charge < -0.3 is 18.6 Å². The van der Waals surface area contributed by atoms with Gasteiger partial charge in [-0.25, -0.2) is 4.79 Å². The minimum absolute atomic E-state index is 0.355. The van der Waals surface area contributed by atoms with Gasteiger partial charge in [-0.1, -0.05) is 12.1 Å². The molecule has 0 bridgehead atoms. The number of aromatic nitrogens is 2. The molecule has 0 N–H and O–H groups in total. The molecule has 0 saturated carbocycles. The van der Waals surface area contributed by atoms with E-state index in [0.717, 1.165) is 16.6 Å². The van der Waals surface area contributed by atoms with Crippen molar-refractivity contribution in [2.75, 3.05) is 7.11 Å². The summed E-state index contributed by atoms with van der Waals surface area (Å²) in [6.07, 6.45) is 1.95. The molecule has 24 heavy (non-hydrogen) atoms. The molecule has 6 nitrogen and oxygen atoms in total. The van der Waals surface area contributed by atoms with E-state index >= 15 is 0 Å². The SMILES string of the molecule is COC(=O)c1cc2c(ccn2C)n1Cc1ccc(OC(C)=O)cc1. The van der Waals surface area contributed by atoms with Gasteiger partial charge in [-0.3, -0.25) is 4.79 Å². The van der Waals surface area contributed by atoms with Crippen molar-refractivity contribution in [2.24, 2.45) is 7.05 Å². The number of hydrogen-bond donors (Lipinski definition) is 0. The summed E-state index contributed by atoms with van der Waals surface area (Å²) in [5, 5.41) is 0. The predicted octanol–water partition coefficient (Wildman–Crippen LogP) is 2.74. The van der Waals surface area contributed by atoms with Gasteiger partial charge >= 0.3 is 11.9 Å². The fraction of sp³-hybridized carbons (Fsp3) is 0.222. The molecule has 6 heteroatoms. The molecule has 0 unspecified atom stereocenters. The number of ether oxygens (including phenoxy) is 2. The summed E-state index contributed by atoms with van der Waals surface area (Å²) < 4.78 is 13.8. The molecule has 0 aliphatic carbocycles. The van der Waals surface area contributed by atoms with Gasteiger partial charge in [0, 0.05) is 26.7 Å². The summed E-state index contributed by atoms with van der Waals surface area (Å²) in [6.45, 7) is 1.88. The van der Waals surface area contributed by atoms with E-state index in [2.05, 4.69) is 0 Å². The van der Waals surface area contributed by atoms with Gasteiger partial charge in [0.2, 0.25) is 0 Å². The number of fused-ring (bicyclic) bond motifs is 1. The number of aryl methyl sites for hydroxylation is 1. The summed E-state index contributed by atoms with van der Waals surface area (Å²) in [6, 6.07) is 11.0. The summed E-state index contributed by atoms with van der Waals surface area (Å²) in [4.78, 5) is 23.0. The number of nitrogens with zero attached hydrogens (tertiary/aromatic N) is 2. The van der Waals surface area contributed by atoms with E-state index in [1.165, 1.54) is 14.0 Å². The van der Waals surface area contributed by atoms with E-state index in [1.807, 2.05) is 46.6 Å². The van der Waals surface area contributed by atoms with Crippen LogP contribution in [0.15, 0.2) is 42.6 Å². The number of methoxy groups -OCH3 is 1. The van der Waals surface area contributed by atoms with Gasteiger partial charge in [0.1, 0.15) is 11.4 Å². The molecular formula is C18H18N2O4. The number of benzene rings is 1. The van der Waals surface area contributed by atoms with Crippen molar-refractivity contribution in [3.05, 3.63) is 53.9 Å². The second-order valence-electron chi connectivity index (χ2n) is 5.54. The summed E-state index contributed by atoms with van der Waals surface area (Å²) in [7, 11) is 3.31. The molecule has 2 heterocycles. The van der Waals surface area contributed by atoms with E-state index in [4.69, 9.17) is 9.47 Å². The van der Waals surface area contributed by atoms with Crippen LogP contribution in [0.25, 0.3) is 11.0 Å². The average Bonchev–Trinajstić information content (AvgIpc) is 3.09. The minimum Gasteiger partial charge on any atom is -0.464 e. The van der Waals surface area contributed by atoms with Crippen molar-refractivity contribution in [3.63, 3.8) is 0 Å².